The van der Waals surface area contributed by atoms with E-state index in [0.29, 0.717) is 0 Å². The van der Waals surface area contributed by atoms with Gasteiger partial charge in [-0.2, -0.15) is 4.72 Å². The Morgan fingerprint density at radius 1 is 0.893 bits per heavy atom. The van der Waals surface area contributed by atoms with E-state index in [9.17, 15) is 8.42 Å². The standard InChI is InChI=1S/C23H25NO2SSi/c1-18-9-13-22(14-10-18)27(25,26)24-23(15-16-28(2,3)4)21-12-11-19-7-5-6-8-20(19)17-21/h5-14,17,23-24H,1-4H3. The van der Waals surface area contributed by atoms with E-state index in [1.54, 1.807) is 24.3 Å². The highest BCUT2D eigenvalue weighted by Crippen LogP contribution is 2.22. The molecule has 0 bridgehead atoms. The molecule has 0 amide bonds. The molecule has 0 heterocycles. The zero-order valence-electron chi connectivity index (χ0n) is 16.7. The van der Waals surface area contributed by atoms with Gasteiger partial charge in [-0.15, -0.1) is 5.54 Å². The fourth-order valence-corrected chi connectivity index (χ4v) is 4.51. The van der Waals surface area contributed by atoms with Gasteiger partial charge in [-0.1, -0.05) is 79.7 Å². The lowest BCUT2D eigenvalue weighted by Crippen LogP contribution is -2.28. The van der Waals surface area contributed by atoms with Gasteiger partial charge in [0, 0.05) is 0 Å². The molecule has 0 aliphatic heterocycles. The summed E-state index contributed by atoms with van der Waals surface area (Å²) in [6.45, 7) is 8.37. The third-order valence-electron chi connectivity index (χ3n) is 4.30. The average Bonchev–Trinajstić information content (AvgIpc) is 2.64. The maximum Gasteiger partial charge on any atom is 0.241 e. The molecule has 0 spiro atoms. The van der Waals surface area contributed by atoms with Gasteiger partial charge in [0.15, 0.2) is 0 Å². The number of rotatable bonds is 4. The fraction of sp³-hybridized carbons (Fsp3) is 0.217. The second kappa shape index (κ2) is 7.92. The molecule has 0 saturated carbocycles. The number of benzene rings is 3. The summed E-state index contributed by atoms with van der Waals surface area (Å²) in [5.74, 6) is 3.20. The van der Waals surface area contributed by atoms with Crippen LogP contribution in [-0.2, 0) is 10.0 Å². The average molecular weight is 408 g/mol. The van der Waals surface area contributed by atoms with Crippen LogP contribution in [0.5, 0.6) is 0 Å². The molecule has 3 aromatic carbocycles. The monoisotopic (exact) mass is 407 g/mol. The van der Waals surface area contributed by atoms with Crippen molar-refractivity contribution in [3.05, 3.63) is 77.9 Å². The number of sulfonamides is 1. The molecular weight excluding hydrogens is 382 g/mol. The molecule has 0 aliphatic rings. The van der Waals surface area contributed by atoms with Crippen molar-refractivity contribution >= 4 is 28.9 Å². The lowest BCUT2D eigenvalue weighted by Gasteiger charge is -2.16. The molecule has 3 aromatic rings. The second-order valence-corrected chi connectivity index (χ2v) is 14.5. The Morgan fingerprint density at radius 3 is 2.18 bits per heavy atom. The van der Waals surface area contributed by atoms with Crippen molar-refractivity contribution in [3.63, 3.8) is 0 Å². The largest absolute Gasteiger partial charge is 0.241 e. The molecule has 0 aromatic heterocycles. The van der Waals surface area contributed by atoms with Crippen LogP contribution < -0.4 is 4.72 Å². The summed E-state index contributed by atoms with van der Waals surface area (Å²) in [5.41, 5.74) is 5.18. The van der Waals surface area contributed by atoms with Gasteiger partial charge in [-0.3, -0.25) is 0 Å². The molecule has 0 saturated heterocycles. The van der Waals surface area contributed by atoms with E-state index in [0.717, 1.165) is 21.9 Å². The SMILES string of the molecule is Cc1ccc(S(=O)(=O)NC(C#C[Si](C)(C)C)c2ccc3ccccc3c2)cc1. The third-order valence-corrected chi connectivity index (χ3v) is 6.64. The summed E-state index contributed by atoms with van der Waals surface area (Å²) >= 11 is 0. The van der Waals surface area contributed by atoms with Gasteiger partial charge in [0.1, 0.15) is 14.1 Å². The van der Waals surface area contributed by atoms with Gasteiger partial charge >= 0.3 is 0 Å². The van der Waals surface area contributed by atoms with Gasteiger partial charge in [0.05, 0.1) is 4.90 Å². The molecule has 1 atom stereocenters. The summed E-state index contributed by atoms with van der Waals surface area (Å²) < 4.78 is 28.7. The van der Waals surface area contributed by atoms with Gasteiger partial charge < -0.3 is 0 Å². The quantitative estimate of drug-likeness (QED) is 0.486. The van der Waals surface area contributed by atoms with Crippen LogP contribution in [0.25, 0.3) is 10.8 Å². The number of aryl methyl sites for hydroxylation is 1. The molecule has 0 radical (unpaired) electrons. The van der Waals surface area contributed by atoms with E-state index >= 15 is 0 Å². The Balaban J connectivity index is 2.03. The first-order valence-electron chi connectivity index (χ1n) is 9.24. The van der Waals surface area contributed by atoms with Crippen LogP contribution in [-0.4, -0.2) is 16.5 Å². The second-order valence-electron chi connectivity index (χ2n) is 7.99. The topological polar surface area (TPSA) is 46.2 Å². The zero-order chi connectivity index (χ0) is 20.4. The molecule has 3 nitrogen and oxygen atoms in total. The first-order chi connectivity index (χ1) is 13.1. The van der Waals surface area contributed by atoms with Crippen molar-refractivity contribution in [2.45, 2.75) is 37.5 Å². The molecule has 1 N–H and O–H groups in total. The van der Waals surface area contributed by atoms with E-state index < -0.39 is 24.1 Å². The number of nitrogens with one attached hydrogen (secondary N) is 1. The lowest BCUT2D eigenvalue weighted by atomic mass is 10.0. The minimum atomic E-state index is -3.68. The molecule has 0 fully saturated rings. The number of hydrogen-bond acceptors (Lipinski definition) is 2. The van der Waals surface area contributed by atoms with Crippen LogP contribution in [0.3, 0.4) is 0 Å². The van der Waals surface area contributed by atoms with Crippen LogP contribution in [0, 0.1) is 18.4 Å². The van der Waals surface area contributed by atoms with Crippen molar-refractivity contribution < 1.29 is 8.42 Å². The predicted octanol–water partition coefficient (Wildman–Crippen LogP) is 5.05. The first kappa shape index (κ1) is 20.3. The summed E-state index contributed by atoms with van der Waals surface area (Å²) in [4.78, 5) is 0.249. The fourth-order valence-electron chi connectivity index (χ4n) is 2.80. The molecule has 1 unspecified atom stereocenters. The van der Waals surface area contributed by atoms with E-state index in [1.807, 2.05) is 49.4 Å². The predicted molar refractivity (Wildman–Crippen MR) is 119 cm³/mol. The Hall–Kier alpha value is -2.39. The van der Waals surface area contributed by atoms with Crippen LogP contribution in [0.15, 0.2) is 71.6 Å². The summed E-state index contributed by atoms with van der Waals surface area (Å²) in [5, 5.41) is 2.18. The van der Waals surface area contributed by atoms with Gasteiger partial charge in [0.2, 0.25) is 10.0 Å². The molecular formula is C23H25NO2SSi. The van der Waals surface area contributed by atoms with Crippen molar-refractivity contribution in [1.29, 1.82) is 0 Å². The Bertz CT molecular complexity index is 1150. The van der Waals surface area contributed by atoms with Crippen molar-refractivity contribution in [2.75, 3.05) is 0 Å². The highest BCUT2D eigenvalue weighted by molar-refractivity contribution is 7.89. The maximum atomic E-state index is 12.9. The highest BCUT2D eigenvalue weighted by Gasteiger charge is 2.21. The lowest BCUT2D eigenvalue weighted by molar-refractivity contribution is 0.576. The molecule has 144 valence electrons. The Kier molecular flexibility index (Phi) is 5.76. The minimum Gasteiger partial charge on any atom is -0.207 e. The van der Waals surface area contributed by atoms with Gasteiger partial charge in [0.25, 0.3) is 0 Å². The van der Waals surface area contributed by atoms with Crippen LogP contribution in [0.2, 0.25) is 19.6 Å². The van der Waals surface area contributed by atoms with E-state index in [2.05, 4.69) is 35.8 Å². The number of fused-ring (bicyclic) bond motifs is 1. The van der Waals surface area contributed by atoms with Crippen molar-refractivity contribution in [2.24, 2.45) is 0 Å². The summed E-state index contributed by atoms with van der Waals surface area (Å²) in [6.07, 6.45) is 0. The van der Waals surface area contributed by atoms with Gasteiger partial charge in [-0.25, -0.2) is 8.42 Å². The molecule has 28 heavy (non-hydrogen) atoms. The third kappa shape index (κ3) is 5.11. The molecule has 0 aliphatic carbocycles. The smallest absolute Gasteiger partial charge is 0.207 e. The Morgan fingerprint density at radius 2 is 1.54 bits per heavy atom. The zero-order valence-corrected chi connectivity index (χ0v) is 18.5. The Labute approximate surface area is 168 Å². The maximum absolute atomic E-state index is 12.9. The van der Waals surface area contributed by atoms with Crippen LogP contribution >= 0.6 is 0 Å². The van der Waals surface area contributed by atoms with Gasteiger partial charge in [-0.05, 0) is 41.5 Å². The van der Waals surface area contributed by atoms with Crippen molar-refractivity contribution in [1.82, 2.24) is 4.72 Å². The van der Waals surface area contributed by atoms with Crippen molar-refractivity contribution in [3.8, 4) is 11.5 Å². The molecule has 5 heteroatoms. The summed E-state index contributed by atoms with van der Waals surface area (Å²) in [6, 6.07) is 20.3. The van der Waals surface area contributed by atoms with E-state index in [1.165, 1.54) is 0 Å². The normalized spacial score (nSPS) is 13.0. The number of hydrogen-bond donors (Lipinski definition) is 1. The molecule has 3 rings (SSSR count). The van der Waals surface area contributed by atoms with E-state index in [4.69, 9.17) is 0 Å². The first-order valence-corrected chi connectivity index (χ1v) is 14.2. The minimum absolute atomic E-state index is 0.249. The van der Waals surface area contributed by atoms with Crippen LogP contribution in [0.1, 0.15) is 17.2 Å². The summed E-state index contributed by atoms with van der Waals surface area (Å²) in [7, 11) is -5.35. The van der Waals surface area contributed by atoms with E-state index in [-0.39, 0.29) is 4.90 Å². The highest BCUT2D eigenvalue weighted by atomic mass is 32.2. The van der Waals surface area contributed by atoms with Crippen LogP contribution in [0.4, 0.5) is 0 Å².